The summed E-state index contributed by atoms with van der Waals surface area (Å²) in [5, 5.41) is 3.50. The van der Waals surface area contributed by atoms with E-state index in [0.717, 1.165) is 32.8 Å². The van der Waals surface area contributed by atoms with Gasteiger partial charge >= 0.3 is 0 Å². The van der Waals surface area contributed by atoms with E-state index in [-0.39, 0.29) is 0 Å². The van der Waals surface area contributed by atoms with Gasteiger partial charge in [0, 0.05) is 50.1 Å². The van der Waals surface area contributed by atoms with E-state index >= 15 is 0 Å². The zero-order chi connectivity index (χ0) is 14.1. The number of ether oxygens (including phenoxy) is 1. The van der Waals surface area contributed by atoms with Gasteiger partial charge in [0.2, 0.25) is 0 Å². The lowest BCUT2D eigenvalue weighted by atomic mass is 10.0. The first-order chi connectivity index (χ1) is 10.4. The van der Waals surface area contributed by atoms with Crippen LogP contribution in [-0.2, 0) is 11.2 Å². The van der Waals surface area contributed by atoms with Crippen molar-refractivity contribution in [3.63, 3.8) is 0 Å². The SMILES string of the molecule is c1cc2c(cc1N1CCC(N3CCOCC3)C1)CCCN2. The van der Waals surface area contributed by atoms with Gasteiger partial charge in [0.25, 0.3) is 0 Å². The maximum atomic E-state index is 5.47. The normalized spacial score (nSPS) is 26.5. The average molecular weight is 287 g/mol. The summed E-state index contributed by atoms with van der Waals surface area (Å²) < 4.78 is 5.47. The highest BCUT2D eigenvalue weighted by Crippen LogP contribution is 2.29. The van der Waals surface area contributed by atoms with Crippen LogP contribution in [0.3, 0.4) is 0 Å². The van der Waals surface area contributed by atoms with E-state index in [2.05, 4.69) is 33.3 Å². The van der Waals surface area contributed by atoms with Crippen LogP contribution in [0.1, 0.15) is 18.4 Å². The van der Waals surface area contributed by atoms with Crippen LogP contribution in [-0.4, -0.2) is 56.9 Å². The lowest BCUT2D eigenvalue weighted by Crippen LogP contribution is -2.44. The molecule has 0 bridgehead atoms. The summed E-state index contributed by atoms with van der Waals surface area (Å²) in [5.41, 5.74) is 4.25. The van der Waals surface area contributed by atoms with Gasteiger partial charge in [-0.25, -0.2) is 0 Å². The molecule has 0 aliphatic carbocycles. The average Bonchev–Trinajstić information content (AvgIpc) is 3.05. The molecule has 21 heavy (non-hydrogen) atoms. The zero-order valence-corrected chi connectivity index (χ0v) is 12.7. The van der Waals surface area contributed by atoms with E-state index in [1.54, 1.807) is 0 Å². The van der Waals surface area contributed by atoms with Gasteiger partial charge in [-0.15, -0.1) is 0 Å². The third-order valence-corrected chi connectivity index (χ3v) is 5.12. The molecule has 4 heteroatoms. The van der Waals surface area contributed by atoms with Crippen molar-refractivity contribution < 1.29 is 4.74 Å². The van der Waals surface area contributed by atoms with Crippen molar-refractivity contribution in [3.05, 3.63) is 23.8 Å². The van der Waals surface area contributed by atoms with Crippen molar-refractivity contribution in [3.8, 4) is 0 Å². The second kappa shape index (κ2) is 5.85. The molecule has 1 atom stereocenters. The fourth-order valence-electron chi connectivity index (χ4n) is 3.88. The van der Waals surface area contributed by atoms with E-state index in [9.17, 15) is 0 Å². The summed E-state index contributed by atoms with van der Waals surface area (Å²) in [7, 11) is 0. The number of nitrogens with zero attached hydrogens (tertiary/aromatic N) is 2. The molecule has 2 fully saturated rings. The lowest BCUT2D eigenvalue weighted by molar-refractivity contribution is 0.0209. The van der Waals surface area contributed by atoms with Crippen molar-refractivity contribution in [2.75, 3.05) is 56.2 Å². The van der Waals surface area contributed by atoms with E-state index in [1.807, 2.05) is 0 Å². The molecule has 0 amide bonds. The first kappa shape index (κ1) is 13.4. The Labute approximate surface area is 127 Å². The molecule has 1 aromatic carbocycles. The molecule has 1 aromatic rings. The first-order valence-electron chi connectivity index (χ1n) is 8.34. The Morgan fingerprint density at radius 3 is 2.95 bits per heavy atom. The molecule has 3 heterocycles. The lowest BCUT2D eigenvalue weighted by Gasteiger charge is -2.32. The van der Waals surface area contributed by atoms with E-state index < -0.39 is 0 Å². The van der Waals surface area contributed by atoms with E-state index in [4.69, 9.17) is 4.74 Å². The number of fused-ring (bicyclic) bond motifs is 1. The van der Waals surface area contributed by atoms with Crippen molar-refractivity contribution in [2.24, 2.45) is 0 Å². The molecule has 3 aliphatic heterocycles. The fraction of sp³-hybridized carbons (Fsp3) is 0.647. The number of anilines is 2. The van der Waals surface area contributed by atoms with Gasteiger partial charge in [0.05, 0.1) is 13.2 Å². The van der Waals surface area contributed by atoms with Crippen LogP contribution in [0.25, 0.3) is 0 Å². The Kier molecular flexibility index (Phi) is 3.74. The molecule has 4 rings (SSSR count). The number of nitrogens with one attached hydrogen (secondary N) is 1. The number of aryl methyl sites for hydroxylation is 1. The summed E-state index contributed by atoms with van der Waals surface area (Å²) in [5.74, 6) is 0. The van der Waals surface area contributed by atoms with Gasteiger partial charge in [-0.2, -0.15) is 0 Å². The summed E-state index contributed by atoms with van der Waals surface area (Å²) in [6.45, 7) is 7.50. The number of rotatable bonds is 2. The standard InChI is InChI=1S/C17H25N3O/c1-2-14-12-15(3-4-17(14)18-6-1)20-7-5-16(13-20)19-8-10-21-11-9-19/h3-4,12,16,18H,1-2,5-11,13H2. The van der Waals surface area contributed by atoms with Gasteiger partial charge in [-0.3, -0.25) is 4.90 Å². The van der Waals surface area contributed by atoms with Crippen LogP contribution in [0, 0.1) is 0 Å². The number of benzene rings is 1. The first-order valence-corrected chi connectivity index (χ1v) is 8.34. The topological polar surface area (TPSA) is 27.7 Å². The van der Waals surface area contributed by atoms with Gasteiger partial charge in [-0.05, 0) is 43.0 Å². The van der Waals surface area contributed by atoms with Crippen LogP contribution in [0.2, 0.25) is 0 Å². The summed E-state index contributed by atoms with van der Waals surface area (Å²) in [6.07, 6.45) is 3.76. The molecular weight excluding hydrogens is 262 g/mol. The fourth-order valence-corrected chi connectivity index (χ4v) is 3.88. The monoisotopic (exact) mass is 287 g/mol. The Morgan fingerprint density at radius 2 is 2.05 bits per heavy atom. The minimum absolute atomic E-state index is 0.711. The maximum Gasteiger partial charge on any atom is 0.0594 e. The minimum atomic E-state index is 0.711. The van der Waals surface area contributed by atoms with Gasteiger partial charge in [0.15, 0.2) is 0 Å². The summed E-state index contributed by atoms with van der Waals surface area (Å²) in [6, 6.07) is 7.68. The molecule has 114 valence electrons. The molecule has 4 nitrogen and oxygen atoms in total. The molecule has 1 unspecified atom stereocenters. The summed E-state index contributed by atoms with van der Waals surface area (Å²) >= 11 is 0. The van der Waals surface area contributed by atoms with Crippen molar-refractivity contribution in [1.29, 1.82) is 0 Å². The molecule has 0 radical (unpaired) electrons. The van der Waals surface area contributed by atoms with E-state index in [1.165, 1.54) is 49.3 Å². The minimum Gasteiger partial charge on any atom is -0.385 e. The highest BCUT2D eigenvalue weighted by atomic mass is 16.5. The quantitative estimate of drug-likeness (QED) is 0.900. The molecular formula is C17H25N3O. The highest BCUT2D eigenvalue weighted by Gasteiger charge is 2.29. The maximum absolute atomic E-state index is 5.47. The van der Waals surface area contributed by atoms with Crippen LogP contribution in [0.15, 0.2) is 18.2 Å². The smallest absolute Gasteiger partial charge is 0.0594 e. The number of morpholine rings is 1. The third kappa shape index (κ3) is 2.74. The zero-order valence-electron chi connectivity index (χ0n) is 12.7. The molecule has 2 saturated heterocycles. The number of hydrogen-bond acceptors (Lipinski definition) is 4. The van der Waals surface area contributed by atoms with Crippen LogP contribution < -0.4 is 10.2 Å². The van der Waals surface area contributed by atoms with Crippen molar-refractivity contribution >= 4 is 11.4 Å². The number of hydrogen-bond donors (Lipinski definition) is 1. The van der Waals surface area contributed by atoms with Gasteiger partial charge in [0.1, 0.15) is 0 Å². The Morgan fingerprint density at radius 1 is 1.14 bits per heavy atom. The second-order valence-corrected chi connectivity index (χ2v) is 6.41. The second-order valence-electron chi connectivity index (χ2n) is 6.41. The van der Waals surface area contributed by atoms with Crippen molar-refractivity contribution in [1.82, 2.24) is 4.90 Å². The van der Waals surface area contributed by atoms with Crippen LogP contribution >= 0.6 is 0 Å². The Balaban J connectivity index is 1.45. The molecule has 3 aliphatic rings. The molecule has 0 spiro atoms. The largest absolute Gasteiger partial charge is 0.385 e. The third-order valence-electron chi connectivity index (χ3n) is 5.12. The summed E-state index contributed by atoms with van der Waals surface area (Å²) in [4.78, 5) is 5.18. The van der Waals surface area contributed by atoms with E-state index in [0.29, 0.717) is 6.04 Å². The molecule has 0 aromatic heterocycles. The highest BCUT2D eigenvalue weighted by molar-refractivity contribution is 5.62. The van der Waals surface area contributed by atoms with Crippen LogP contribution in [0.4, 0.5) is 11.4 Å². The molecule has 1 N–H and O–H groups in total. The van der Waals surface area contributed by atoms with Crippen LogP contribution in [0.5, 0.6) is 0 Å². The van der Waals surface area contributed by atoms with Gasteiger partial charge in [-0.1, -0.05) is 0 Å². The predicted molar refractivity (Wildman–Crippen MR) is 86.3 cm³/mol. The Hall–Kier alpha value is -1.26. The Bertz CT molecular complexity index is 499. The predicted octanol–water partition coefficient (Wildman–Crippen LogP) is 1.96. The molecule has 0 saturated carbocycles. The van der Waals surface area contributed by atoms with Crippen molar-refractivity contribution in [2.45, 2.75) is 25.3 Å². The van der Waals surface area contributed by atoms with Gasteiger partial charge < -0.3 is 15.0 Å².